The molecule has 1 heterocycles. The van der Waals surface area contributed by atoms with Gasteiger partial charge in [-0.3, -0.25) is 0 Å². The smallest absolute Gasteiger partial charge is 0.435 e. The van der Waals surface area contributed by atoms with E-state index in [1.807, 2.05) is 0 Å². The Morgan fingerprint density at radius 3 is 2.25 bits per heavy atom. The molecule has 1 aliphatic rings. The van der Waals surface area contributed by atoms with Crippen molar-refractivity contribution in [2.75, 3.05) is 6.54 Å². The Bertz CT molecular complexity index is 308. The quantitative estimate of drug-likeness (QED) is 0.650. The molecule has 1 unspecified atom stereocenters. The summed E-state index contributed by atoms with van der Waals surface area (Å²) in [5.74, 6) is 0. The predicted molar refractivity (Wildman–Crippen MR) is 58.1 cm³/mol. The lowest BCUT2D eigenvalue weighted by molar-refractivity contribution is -0.796. The molecule has 0 aromatic heterocycles. The number of likely N-dealkylation sites (tertiary alicyclic amines) is 1. The Labute approximate surface area is 95.6 Å². The Morgan fingerprint density at radius 1 is 1.38 bits per heavy atom. The lowest BCUT2D eigenvalue weighted by atomic mass is 10.2. The second-order valence-corrected chi connectivity index (χ2v) is 5.35. The molecule has 5 nitrogen and oxygen atoms in total. The minimum Gasteiger partial charge on any atom is -0.435 e. The molecule has 92 valence electrons. The van der Waals surface area contributed by atoms with Crippen LogP contribution in [0.2, 0.25) is 0 Å². The number of amides is 2. The van der Waals surface area contributed by atoms with Gasteiger partial charge < -0.3 is 9.84 Å². The molecule has 0 bridgehead atoms. The number of imide groups is 1. The van der Waals surface area contributed by atoms with Crippen molar-refractivity contribution < 1.29 is 23.9 Å². The summed E-state index contributed by atoms with van der Waals surface area (Å²) in [6.45, 7) is 7.33. The number of hydrogen-bond acceptors (Lipinski definition) is 3. The Kier molecular flexibility index (Phi) is 3.28. The van der Waals surface area contributed by atoms with Crippen molar-refractivity contribution in [1.82, 2.24) is 0 Å². The van der Waals surface area contributed by atoms with E-state index in [9.17, 15) is 14.7 Å². The molecule has 0 aromatic carbocycles. The Morgan fingerprint density at radius 2 is 1.94 bits per heavy atom. The standard InChI is InChI=1S/C11H19NO4/c1-8-6-5-7-12(8,9(13)14)10(15)16-11(2,3)4/h8H,5-7H2,1-4H3/p+1/t8-,12?/m1/s1. The first kappa shape index (κ1) is 13.0. The molecule has 1 saturated heterocycles. The molecule has 0 spiro atoms. The van der Waals surface area contributed by atoms with Crippen LogP contribution in [0.4, 0.5) is 9.59 Å². The molecular formula is C11H20NO4+. The van der Waals surface area contributed by atoms with Gasteiger partial charge in [0.15, 0.2) is 0 Å². The highest BCUT2D eigenvalue weighted by Crippen LogP contribution is 2.30. The molecule has 0 saturated carbocycles. The molecule has 1 N–H and O–H groups in total. The summed E-state index contributed by atoms with van der Waals surface area (Å²) in [6, 6.07) is -0.215. The van der Waals surface area contributed by atoms with Gasteiger partial charge >= 0.3 is 12.2 Å². The minimum absolute atomic E-state index is 0.215. The van der Waals surface area contributed by atoms with Crippen molar-refractivity contribution in [3.8, 4) is 0 Å². The lowest BCUT2D eigenvalue weighted by Crippen LogP contribution is -2.59. The number of hydrogen-bond donors (Lipinski definition) is 1. The van der Waals surface area contributed by atoms with E-state index in [1.54, 1.807) is 27.7 Å². The minimum atomic E-state index is -1.11. The third-order valence-corrected chi connectivity index (χ3v) is 2.95. The third-order valence-electron chi connectivity index (χ3n) is 2.95. The molecule has 5 heteroatoms. The average molecular weight is 230 g/mol. The van der Waals surface area contributed by atoms with Crippen molar-refractivity contribution in [3.05, 3.63) is 0 Å². The predicted octanol–water partition coefficient (Wildman–Crippen LogP) is 2.60. The first-order valence-corrected chi connectivity index (χ1v) is 5.55. The Hall–Kier alpha value is -1.10. The SMILES string of the molecule is C[C@@H]1CCC[N+]1(C(=O)O)C(=O)OC(C)(C)C. The summed E-state index contributed by atoms with van der Waals surface area (Å²) in [7, 11) is 0. The fourth-order valence-electron chi connectivity index (χ4n) is 2.05. The van der Waals surface area contributed by atoms with Crippen LogP contribution in [-0.2, 0) is 4.74 Å². The summed E-state index contributed by atoms with van der Waals surface area (Å²) >= 11 is 0. The van der Waals surface area contributed by atoms with Gasteiger partial charge in [0.05, 0.1) is 0 Å². The van der Waals surface area contributed by atoms with Crippen LogP contribution in [0.1, 0.15) is 40.5 Å². The zero-order valence-electron chi connectivity index (χ0n) is 10.3. The number of quaternary nitrogens is 1. The molecule has 2 amide bonds. The third kappa shape index (κ3) is 2.19. The van der Waals surface area contributed by atoms with E-state index in [4.69, 9.17) is 4.74 Å². The van der Waals surface area contributed by atoms with Crippen LogP contribution < -0.4 is 0 Å². The number of rotatable bonds is 0. The fourth-order valence-corrected chi connectivity index (χ4v) is 2.05. The zero-order valence-corrected chi connectivity index (χ0v) is 10.3. The second kappa shape index (κ2) is 4.05. The van der Waals surface area contributed by atoms with Gasteiger partial charge in [-0.15, -0.1) is 4.48 Å². The molecule has 0 radical (unpaired) electrons. The van der Waals surface area contributed by atoms with Crippen LogP contribution in [-0.4, -0.2) is 40.0 Å². The number of ether oxygens (including phenoxy) is 1. The summed E-state index contributed by atoms with van der Waals surface area (Å²) in [6.07, 6.45) is -0.276. The summed E-state index contributed by atoms with van der Waals surface area (Å²) in [5, 5.41) is 9.27. The lowest BCUT2D eigenvalue weighted by Gasteiger charge is -2.31. The maximum atomic E-state index is 12.0. The van der Waals surface area contributed by atoms with Crippen molar-refractivity contribution in [2.45, 2.75) is 52.2 Å². The van der Waals surface area contributed by atoms with Gasteiger partial charge in [-0.1, -0.05) is 0 Å². The van der Waals surface area contributed by atoms with Gasteiger partial charge in [-0.25, -0.2) is 0 Å². The van der Waals surface area contributed by atoms with E-state index in [0.717, 1.165) is 12.8 Å². The highest BCUT2D eigenvalue weighted by atomic mass is 16.6. The van der Waals surface area contributed by atoms with E-state index in [2.05, 4.69) is 0 Å². The maximum Gasteiger partial charge on any atom is 0.527 e. The number of carbonyl (C=O) groups excluding carboxylic acids is 1. The molecule has 16 heavy (non-hydrogen) atoms. The normalized spacial score (nSPS) is 30.1. The molecule has 0 aromatic rings. The van der Waals surface area contributed by atoms with E-state index in [0.29, 0.717) is 6.54 Å². The van der Waals surface area contributed by atoms with Crippen molar-refractivity contribution in [3.63, 3.8) is 0 Å². The van der Waals surface area contributed by atoms with Crippen LogP contribution in [0, 0.1) is 0 Å². The van der Waals surface area contributed by atoms with Gasteiger partial charge in [0, 0.05) is 12.8 Å². The van der Waals surface area contributed by atoms with Crippen LogP contribution in [0.25, 0.3) is 0 Å². The van der Waals surface area contributed by atoms with Crippen LogP contribution in [0.15, 0.2) is 0 Å². The highest BCUT2D eigenvalue weighted by Gasteiger charge is 2.55. The van der Waals surface area contributed by atoms with Gasteiger partial charge in [0.2, 0.25) is 0 Å². The molecule has 1 fully saturated rings. The summed E-state index contributed by atoms with van der Waals surface area (Å²) in [5.41, 5.74) is -0.653. The second-order valence-electron chi connectivity index (χ2n) is 5.35. The highest BCUT2D eigenvalue weighted by molar-refractivity contribution is 5.76. The summed E-state index contributed by atoms with van der Waals surface area (Å²) < 4.78 is 4.62. The molecule has 1 aliphatic heterocycles. The largest absolute Gasteiger partial charge is 0.527 e. The Balaban J connectivity index is 2.95. The van der Waals surface area contributed by atoms with Crippen molar-refractivity contribution >= 4 is 12.2 Å². The molecule has 1 rings (SSSR count). The average Bonchev–Trinajstić information content (AvgIpc) is 2.44. The number of nitrogens with zero attached hydrogens (tertiary/aromatic N) is 1. The molecule has 2 atom stereocenters. The van der Waals surface area contributed by atoms with Gasteiger partial charge in [-0.05, 0) is 27.7 Å². The molecular weight excluding hydrogens is 210 g/mol. The number of carbonyl (C=O) groups is 2. The van der Waals surface area contributed by atoms with Gasteiger partial charge in [0.1, 0.15) is 18.2 Å². The van der Waals surface area contributed by atoms with E-state index < -0.39 is 22.3 Å². The van der Waals surface area contributed by atoms with E-state index in [1.165, 1.54) is 0 Å². The van der Waals surface area contributed by atoms with Gasteiger partial charge in [0.25, 0.3) is 0 Å². The summed E-state index contributed by atoms with van der Waals surface area (Å²) in [4.78, 5) is 23.3. The first-order chi connectivity index (χ1) is 7.20. The molecule has 0 aliphatic carbocycles. The topological polar surface area (TPSA) is 63.6 Å². The van der Waals surface area contributed by atoms with Gasteiger partial charge in [-0.2, -0.15) is 9.59 Å². The number of carboxylic acid groups (broad SMARTS) is 1. The van der Waals surface area contributed by atoms with Crippen molar-refractivity contribution in [1.29, 1.82) is 0 Å². The zero-order chi connectivity index (χ0) is 12.6. The van der Waals surface area contributed by atoms with E-state index in [-0.39, 0.29) is 6.04 Å². The van der Waals surface area contributed by atoms with Crippen LogP contribution in [0.3, 0.4) is 0 Å². The van der Waals surface area contributed by atoms with E-state index >= 15 is 0 Å². The maximum absolute atomic E-state index is 12.0. The van der Waals surface area contributed by atoms with Crippen molar-refractivity contribution in [2.24, 2.45) is 0 Å². The first-order valence-electron chi connectivity index (χ1n) is 5.55. The fraction of sp³-hybridized carbons (Fsp3) is 0.818. The monoisotopic (exact) mass is 230 g/mol. The van der Waals surface area contributed by atoms with Crippen LogP contribution in [0.5, 0.6) is 0 Å². The van der Waals surface area contributed by atoms with Crippen LogP contribution >= 0.6 is 0 Å².